The fourth-order valence-electron chi connectivity index (χ4n) is 0.959. The van der Waals surface area contributed by atoms with Crippen molar-refractivity contribution in [2.24, 2.45) is 0 Å². The average molecular weight is 182 g/mol. The number of ether oxygens (including phenoxy) is 2. The van der Waals surface area contributed by atoms with E-state index in [9.17, 15) is 0 Å². The molecule has 1 aromatic carbocycles. The monoisotopic (exact) mass is 182 g/mol. The predicted molar refractivity (Wildman–Crippen MR) is 52.4 cm³/mol. The van der Waals surface area contributed by atoms with E-state index in [4.69, 9.17) is 9.47 Å². The minimum atomic E-state index is -0.0302. The summed E-state index contributed by atoms with van der Waals surface area (Å²) in [6.07, 6.45) is 0. The topological polar surface area (TPSA) is 18.5 Å². The molecule has 66 valence electrons. The van der Waals surface area contributed by atoms with Crippen molar-refractivity contribution in [1.82, 2.24) is 0 Å². The highest BCUT2D eigenvalue weighted by molar-refractivity contribution is 6.10. The maximum atomic E-state index is 5.49. The van der Waals surface area contributed by atoms with Crippen LogP contribution < -0.4 is 4.74 Å². The van der Waals surface area contributed by atoms with Crippen molar-refractivity contribution in [3.8, 4) is 5.75 Å². The number of hydrogen-bond acceptors (Lipinski definition) is 2. The summed E-state index contributed by atoms with van der Waals surface area (Å²) in [6.45, 7) is 2.68. The molecular weight excluding hydrogens is 168 g/mol. The largest absolute Gasteiger partial charge is 0.470 e. The Morgan fingerprint density at radius 1 is 1.33 bits per heavy atom. The molecule has 1 rings (SSSR count). The Morgan fingerprint density at radius 2 is 2.00 bits per heavy atom. The SMILES string of the molecule is CCOC([SiH3])Oc1ccccc1. The van der Waals surface area contributed by atoms with Crippen LogP contribution in [0.5, 0.6) is 5.75 Å². The quantitative estimate of drug-likeness (QED) is 0.505. The lowest BCUT2D eigenvalue weighted by Crippen LogP contribution is -2.20. The van der Waals surface area contributed by atoms with Crippen molar-refractivity contribution in [3.63, 3.8) is 0 Å². The van der Waals surface area contributed by atoms with Crippen molar-refractivity contribution in [1.29, 1.82) is 0 Å². The Bertz CT molecular complexity index is 213. The lowest BCUT2D eigenvalue weighted by Gasteiger charge is -2.13. The smallest absolute Gasteiger partial charge is 0.170 e. The third kappa shape index (κ3) is 3.07. The number of hydrogen-bond donors (Lipinski definition) is 0. The molecule has 0 saturated carbocycles. The van der Waals surface area contributed by atoms with Crippen molar-refractivity contribution in [3.05, 3.63) is 30.3 Å². The van der Waals surface area contributed by atoms with Crippen molar-refractivity contribution < 1.29 is 9.47 Å². The summed E-state index contributed by atoms with van der Waals surface area (Å²) in [6, 6.07) is 9.74. The molecule has 2 nitrogen and oxygen atoms in total. The molecule has 0 aliphatic carbocycles. The Morgan fingerprint density at radius 3 is 2.58 bits per heavy atom. The van der Waals surface area contributed by atoms with Gasteiger partial charge in [-0.2, -0.15) is 0 Å². The van der Waals surface area contributed by atoms with E-state index in [1.165, 1.54) is 0 Å². The van der Waals surface area contributed by atoms with Gasteiger partial charge in [-0.25, -0.2) is 0 Å². The minimum Gasteiger partial charge on any atom is -0.470 e. The van der Waals surface area contributed by atoms with E-state index in [1.807, 2.05) is 37.3 Å². The van der Waals surface area contributed by atoms with Crippen LogP contribution in [0.15, 0.2) is 30.3 Å². The van der Waals surface area contributed by atoms with E-state index in [0.717, 1.165) is 16.0 Å². The van der Waals surface area contributed by atoms with E-state index in [-0.39, 0.29) is 5.91 Å². The molecule has 1 aromatic rings. The lowest BCUT2D eigenvalue weighted by molar-refractivity contribution is -0.0150. The molecule has 0 bridgehead atoms. The van der Waals surface area contributed by atoms with Gasteiger partial charge < -0.3 is 9.47 Å². The Hall–Kier alpha value is -0.803. The first-order valence-electron chi connectivity index (χ1n) is 4.16. The van der Waals surface area contributed by atoms with Crippen molar-refractivity contribution in [2.45, 2.75) is 12.8 Å². The van der Waals surface area contributed by atoms with Gasteiger partial charge in [-0.1, -0.05) is 18.2 Å². The van der Waals surface area contributed by atoms with Gasteiger partial charge >= 0.3 is 0 Å². The maximum absolute atomic E-state index is 5.49. The van der Waals surface area contributed by atoms with Gasteiger partial charge in [0.1, 0.15) is 5.75 Å². The summed E-state index contributed by atoms with van der Waals surface area (Å²) in [5, 5.41) is 0. The maximum Gasteiger partial charge on any atom is 0.170 e. The molecule has 0 aromatic heterocycles. The van der Waals surface area contributed by atoms with Crippen LogP contribution in [0.1, 0.15) is 6.92 Å². The van der Waals surface area contributed by atoms with Crippen molar-refractivity contribution >= 4 is 10.2 Å². The Balaban J connectivity index is 2.41. The minimum absolute atomic E-state index is 0.0302. The van der Waals surface area contributed by atoms with Gasteiger partial charge in [0.15, 0.2) is 5.91 Å². The summed E-state index contributed by atoms with van der Waals surface area (Å²) in [7, 11) is 0.889. The Kier molecular flexibility index (Phi) is 3.83. The van der Waals surface area contributed by atoms with Crippen LogP contribution in [0.4, 0.5) is 0 Å². The van der Waals surface area contributed by atoms with Crippen LogP contribution in [-0.2, 0) is 4.74 Å². The third-order valence-electron chi connectivity index (χ3n) is 1.45. The first-order chi connectivity index (χ1) is 5.83. The molecule has 0 heterocycles. The van der Waals surface area contributed by atoms with Crippen molar-refractivity contribution in [2.75, 3.05) is 6.61 Å². The van der Waals surface area contributed by atoms with E-state index in [2.05, 4.69) is 0 Å². The summed E-state index contributed by atoms with van der Waals surface area (Å²) in [4.78, 5) is 0. The van der Waals surface area contributed by atoms with E-state index in [0.29, 0.717) is 6.61 Å². The zero-order valence-corrected chi connectivity index (χ0v) is 9.49. The summed E-state index contributed by atoms with van der Waals surface area (Å²) in [5.74, 6) is 0.850. The normalized spacial score (nSPS) is 12.8. The predicted octanol–water partition coefficient (Wildman–Crippen LogP) is 0.751. The van der Waals surface area contributed by atoms with Crippen LogP contribution in [0.2, 0.25) is 0 Å². The van der Waals surface area contributed by atoms with Gasteiger partial charge in [-0.3, -0.25) is 0 Å². The van der Waals surface area contributed by atoms with Gasteiger partial charge in [0, 0.05) is 6.61 Å². The van der Waals surface area contributed by atoms with Gasteiger partial charge in [-0.15, -0.1) is 0 Å². The summed E-state index contributed by atoms with van der Waals surface area (Å²) in [5.41, 5.74) is 0. The van der Waals surface area contributed by atoms with E-state index >= 15 is 0 Å². The van der Waals surface area contributed by atoms with Crippen LogP contribution in [0.3, 0.4) is 0 Å². The lowest BCUT2D eigenvalue weighted by atomic mass is 10.3. The number of para-hydroxylation sites is 1. The molecule has 0 fully saturated rings. The van der Waals surface area contributed by atoms with Gasteiger partial charge in [0.25, 0.3) is 0 Å². The zero-order valence-electron chi connectivity index (χ0n) is 7.49. The highest BCUT2D eigenvalue weighted by Crippen LogP contribution is 2.09. The molecule has 0 aliphatic rings. The van der Waals surface area contributed by atoms with Gasteiger partial charge in [0.2, 0.25) is 0 Å². The molecule has 12 heavy (non-hydrogen) atoms. The first kappa shape index (κ1) is 9.29. The average Bonchev–Trinajstić information content (AvgIpc) is 2.06. The molecule has 0 amide bonds. The van der Waals surface area contributed by atoms with Crippen LogP contribution in [0, 0.1) is 0 Å². The second-order valence-electron chi connectivity index (χ2n) is 2.45. The second kappa shape index (κ2) is 4.95. The van der Waals surface area contributed by atoms with E-state index in [1.54, 1.807) is 0 Å². The molecule has 0 N–H and O–H groups in total. The fourth-order valence-corrected chi connectivity index (χ4v) is 1.56. The number of rotatable bonds is 4. The zero-order chi connectivity index (χ0) is 8.81. The van der Waals surface area contributed by atoms with Gasteiger partial charge in [0.05, 0.1) is 10.2 Å². The fraction of sp³-hybridized carbons (Fsp3) is 0.333. The first-order valence-corrected chi connectivity index (χ1v) is 5.31. The molecule has 1 atom stereocenters. The molecule has 0 aliphatic heterocycles. The van der Waals surface area contributed by atoms with E-state index < -0.39 is 0 Å². The highest BCUT2D eigenvalue weighted by Gasteiger charge is 2.00. The van der Waals surface area contributed by atoms with Gasteiger partial charge in [-0.05, 0) is 19.1 Å². The van der Waals surface area contributed by atoms with Crippen LogP contribution >= 0.6 is 0 Å². The Labute approximate surface area is 75.9 Å². The van der Waals surface area contributed by atoms with Crippen LogP contribution in [-0.4, -0.2) is 22.8 Å². The second-order valence-corrected chi connectivity index (χ2v) is 3.40. The molecule has 1 unspecified atom stereocenters. The molecule has 0 spiro atoms. The molecular formula is C9H14O2Si. The molecule has 0 saturated heterocycles. The summed E-state index contributed by atoms with van der Waals surface area (Å²) < 4.78 is 10.8. The highest BCUT2D eigenvalue weighted by atomic mass is 28.1. The summed E-state index contributed by atoms with van der Waals surface area (Å²) >= 11 is 0. The van der Waals surface area contributed by atoms with Crippen LogP contribution in [0.25, 0.3) is 0 Å². The standard InChI is InChI=1S/C9H14O2Si/c1-2-10-9(12)11-8-6-4-3-5-7-8/h3-7,9H,2H2,1,12H3. The third-order valence-corrected chi connectivity index (χ3v) is 2.02. The number of benzene rings is 1. The molecule has 3 heteroatoms. The molecule has 0 radical (unpaired) electrons.